The van der Waals surface area contributed by atoms with Crippen LogP contribution in [0.25, 0.3) is 5.69 Å². The monoisotopic (exact) mass is 328 g/mol. The molecule has 0 aliphatic carbocycles. The van der Waals surface area contributed by atoms with Crippen molar-refractivity contribution in [2.75, 3.05) is 25.5 Å². The summed E-state index contributed by atoms with van der Waals surface area (Å²) in [6, 6.07) is 6.36. The molecule has 1 aromatic heterocycles. The summed E-state index contributed by atoms with van der Waals surface area (Å²) in [5.74, 6) is 0.385. The van der Waals surface area contributed by atoms with E-state index in [9.17, 15) is 4.79 Å². The standard InChI is InChI=1S/C13H14Cl2N4O2/c1-18(6-7-20)13(21)16-12-4-5-19(17-12)11-3-2-9(14)8-10(11)15/h2-5,8,20H,6-7H2,1H3,(H,16,17,21). The summed E-state index contributed by atoms with van der Waals surface area (Å²) in [6.45, 7) is 0.147. The van der Waals surface area contributed by atoms with Crippen LogP contribution >= 0.6 is 23.2 Å². The molecule has 1 aromatic carbocycles. The third kappa shape index (κ3) is 3.87. The van der Waals surface area contributed by atoms with E-state index in [-0.39, 0.29) is 19.2 Å². The molecular weight excluding hydrogens is 315 g/mol. The molecule has 0 unspecified atom stereocenters. The smallest absolute Gasteiger partial charge is 0.322 e. The SMILES string of the molecule is CN(CCO)C(=O)Nc1ccn(-c2ccc(Cl)cc2Cl)n1. The van der Waals surface area contributed by atoms with Gasteiger partial charge in [0.2, 0.25) is 0 Å². The number of halogens is 2. The number of carbonyl (C=O) groups is 1. The number of hydrogen-bond acceptors (Lipinski definition) is 3. The van der Waals surface area contributed by atoms with Crippen LogP contribution in [0.2, 0.25) is 10.0 Å². The Hall–Kier alpha value is -1.76. The molecule has 0 radical (unpaired) electrons. The molecule has 8 heteroatoms. The quantitative estimate of drug-likeness (QED) is 0.906. The first kappa shape index (κ1) is 15.6. The summed E-state index contributed by atoms with van der Waals surface area (Å²) < 4.78 is 1.54. The summed E-state index contributed by atoms with van der Waals surface area (Å²) in [6.07, 6.45) is 1.68. The molecule has 1 heterocycles. The number of aliphatic hydroxyl groups is 1. The predicted octanol–water partition coefficient (Wildman–Crippen LogP) is 2.64. The van der Waals surface area contributed by atoms with Crippen LogP contribution in [-0.2, 0) is 0 Å². The first-order chi connectivity index (χ1) is 10.0. The largest absolute Gasteiger partial charge is 0.395 e. The second kappa shape index (κ2) is 6.80. The Morgan fingerprint density at radius 1 is 1.43 bits per heavy atom. The van der Waals surface area contributed by atoms with E-state index in [1.807, 2.05) is 0 Å². The van der Waals surface area contributed by atoms with Crippen molar-refractivity contribution < 1.29 is 9.90 Å². The molecule has 0 saturated heterocycles. The number of hydrogen-bond donors (Lipinski definition) is 2. The van der Waals surface area contributed by atoms with Gasteiger partial charge in [-0.3, -0.25) is 5.32 Å². The molecule has 0 aliphatic rings. The van der Waals surface area contributed by atoms with Crippen LogP contribution in [0.15, 0.2) is 30.5 Å². The number of amides is 2. The predicted molar refractivity (Wildman–Crippen MR) is 82.3 cm³/mol. The van der Waals surface area contributed by atoms with E-state index in [2.05, 4.69) is 10.4 Å². The van der Waals surface area contributed by atoms with Crippen LogP contribution in [0.1, 0.15) is 0 Å². The number of anilines is 1. The second-order valence-corrected chi connectivity index (χ2v) is 5.16. The summed E-state index contributed by atoms with van der Waals surface area (Å²) >= 11 is 11.9. The number of aliphatic hydroxyl groups excluding tert-OH is 1. The van der Waals surface area contributed by atoms with Gasteiger partial charge in [-0.05, 0) is 18.2 Å². The molecule has 2 N–H and O–H groups in total. The van der Waals surface area contributed by atoms with Crippen LogP contribution < -0.4 is 5.32 Å². The van der Waals surface area contributed by atoms with Crippen molar-refractivity contribution in [2.45, 2.75) is 0 Å². The zero-order chi connectivity index (χ0) is 15.4. The molecule has 0 spiro atoms. The van der Waals surface area contributed by atoms with Crippen molar-refractivity contribution in [3.8, 4) is 5.69 Å². The highest BCUT2D eigenvalue weighted by atomic mass is 35.5. The summed E-state index contributed by atoms with van der Waals surface area (Å²) in [4.78, 5) is 13.1. The molecule has 2 amide bonds. The lowest BCUT2D eigenvalue weighted by Gasteiger charge is -2.15. The van der Waals surface area contributed by atoms with Gasteiger partial charge in [0.05, 0.1) is 17.3 Å². The van der Waals surface area contributed by atoms with Gasteiger partial charge in [-0.2, -0.15) is 0 Å². The van der Waals surface area contributed by atoms with Gasteiger partial charge < -0.3 is 10.0 Å². The molecule has 6 nitrogen and oxygen atoms in total. The Balaban J connectivity index is 2.13. The number of nitrogens with one attached hydrogen (secondary N) is 1. The number of nitrogens with zero attached hydrogens (tertiary/aromatic N) is 3. The summed E-state index contributed by atoms with van der Waals surface area (Å²) in [5, 5.41) is 16.6. The van der Waals surface area contributed by atoms with Crippen LogP contribution in [-0.4, -0.2) is 46.0 Å². The Kier molecular flexibility index (Phi) is 5.06. The topological polar surface area (TPSA) is 70.4 Å². The van der Waals surface area contributed by atoms with Crippen molar-refractivity contribution >= 4 is 35.1 Å². The maximum atomic E-state index is 11.8. The van der Waals surface area contributed by atoms with Crippen LogP contribution in [0, 0.1) is 0 Å². The number of carbonyl (C=O) groups excluding carboxylic acids is 1. The van der Waals surface area contributed by atoms with Gasteiger partial charge >= 0.3 is 6.03 Å². The fourth-order valence-electron chi connectivity index (χ4n) is 1.65. The van der Waals surface area contributed by atoms with Gasteiger partial charge in [0.25, 0.3) is 0 Å². The number of aromatic nitrogens is 2. The van der Waals surface area contributed by atoms with Crippen molar-refractivity contribution in [2.24, 2.45) is 0 Å². The lowest BCUT2D eigenvalue weighted by atomic mass is 10.3. The third-order valence-electron chi connectivity index (χ3n) is 2.76. The normalized spacial score (nSPS) is 10.5. The number of urea groups is 1. The molecule has 0 saturated carbocycles. The minimum Gasteiger partial charge on any atom is -0.395 e. The van der Waals surface area contributed by atoms with Gasteiger partial charge in [0.1, 0.15) is 0 Å². The Labute approximate surface area is 131 Å². The molecule has 112 valence electrons. The zero-order valence-corrected chi connectivity index (χ0v) is 12.8. The minimum atomic E-state index is -0.350. The minimum absolute atomic E-state index is 0.0985. The first-order valence-electron chi connectivity index (χ1n) is 6.15. The van der Waals surface area contributed by atoms with E-state index in [1.54, 1.807) is 42.2 Å². The van der Waals surface area contributed by atoms with Crippen molar-refractivity contribution in [3.63, 3.8) is 0 Å². The van der Waals surface area contributed by atoms with E-state index in [4.69, 9.17) is 28.3 Å². The summed E-state index contributed by atoms with van der Waals surface area (Å²) in [7, 11) is 1.58. The van der Waals surface area contributed by atoms with Crippen LogP contribution in [0.4, 0.5) is 10.6 Å². The van der Waals surface area contributed by atoms with Crippen LogP contribution in [0.5, 0.6) is 0 Å². The average molecular weight is 329 g/mol. The van der Waals surface area contributed by atoms with Crippen molar-refractivity contribution in [3.05, 3.63) is 40.5 Å². The molecule has 2 aromatic rings. The fourth-order valence-corrected chi connectivity index (χ4v) is 2.14. The fraction of sp³-hybridized carbons (Fsp3) is 0.231. The lowest BCUT2D eigenvalue weighted by molar-refractivity contribution is 0.202. The molecule has 0 fully saturated rings. The Bertz CT molecular complexity index is 645. The van der Waals surface area contributed by atoms with Gasteiger partial charge in [0, 0.05) is 30.9 Å². The highest BCUT2D eigenvalue weighted by Crippen LogP contribution is 2.24. The zero-order valence-electron chi connectivity index (χ0n) is 11.3. The highest BCUT2D eigenvalue weighted by Gasteiger charge is 2.11. The number of likely N-dealkylation sites (N-methyl/N-ethyl adjacent to an activating group) is 1. The molecular formula is C13H14Cl2N4O2. The van der Waals surface area contributed by atoms with E-state index in [0.717, 1.165) is 0 Å². The van der Waals surface area contributed by atoms with Gasteiger partial charge in [-0.15, -0.1) is 5.10 Å². The van der Waals surface area contributed by atoms with E-state index in [1.165, 1.54) is 4.90 Å². The lowest BCUT2D eigenvalue weighted by Crippen LogP contribution is -2.33. The van der Waals surface area contributed by atoms with Crippen LogP contribution in [0.3, 0.4) is 0 Å². The molecule has 2 rings (SSSR count). The van der Waals surface area contributed by atoms with Gasteiger partial charge in [-0.1, -0.05) is 23.2 Å². The maximum absolute atomic E-state index is 11.8. The molecule has 0 aliphatic heterocycles. The average Bonchev–Trinajstić information content (AvgIpc) is 2.87. The van der Waals surface area contributed by atoms with Gasteiger partial charge in [0.15, 0.2) is 5.82 Å². The van der Waals surface area contributed by atoms with E-state index in [0.29, 0.717) is 21.6 Å². The van der Waals surface area contributed by atoms with Gasteiger partial charge in [-0.25, -0.2) is 9.48 Å². The van der Waals surface area contributed by atoms with Crippen molar-refractivity contribution in [1.82, 2.24) is 14.7 Å². The highest BCUT2D eigenvalue weighted by molar-refractivity contribution is 6.35. The number of benzene rings is 1. The molecule has 21 heavy (non-hydrogen) atoms. The molecule has 0 atom stereocenters. The molecule has 0 bridgehead atoms. The number of rotatable bonds is 4. The Morgan fingerprint density at radius 2 is 2.19 bits per heavy atom. The summed E-state index contributed by atoms with van der Waals surface area (Å²) in [5.41, 5.74) is 0.658. The first-order valence-corrected chi connectivity index (χ1v) is 6.91. The second-order valence-electron chi connectivity index (χ2n) is 4.32. The van der Waals surface area contributed by atoms with Crippen molar-refractivity contribution in [1.29, 1.82) is 0 Å². The third-order valence-corrected chi connectivity index (χ3v) is 3.30. The van der Waals surface area contributed by atoms with E-state index < -0.39 is 0 Å². The van der Waals surface area contributed by atoms with E-state index >= 15 is 0 Å². The Morgan fingerprint density at radius 3 is 2.86 bits per heavy atom. The maximum Gasteiger partial charge on any atom is 0.322 e.